The van der Waals surface area contributed by atoms with Gasteiger partial charge in [-0.25, -0.2) is 4.79 Å². The minimum atomic E-state index is -0.292. The highest BCUT2D eigenvalue weighted by Crippen LogP contribution is 2.31. The van der Waals surface area contributed by atoms with E-state index in [2.05, 4.69) is 13.8 Å². The van der Waals surface area contributed by atoms with E-state index >= 15 is 0 Å². The van der Waals surface area contributed by atoms with Crippen molar-refractivity contribution in [3.63, 3.8) is 0 Å². The van der Waals surface area contributed by atoms with Crippen LogP contribution in [0.4, 0.5) is 0 Å². The standard InChI is InChI=1S/C12H18O3S/c1-5-15-12(13)11-10(14-4)7-9(16-11)6-8(2)3/h7-8H,5-6H2,1-4H3. The third-order valence-electron chi connectivity index (χ3n) is 2.04. The molecule has 0 aliphatic rings. The van der Waals surface area contributed by atoms with Gasteiger partial charge in [0, 0.05) is 4.88 Å². The number of hydrogen-bond donors (Lipinski definition) is 0. The zero-order valence-electron chi connectivity index (χ0n) is 10.2. The molecule has 0 spiro atoms. The molecular formula is C12H18O3S. The Balaban J connectivity index is 2.90. The summed E-state index contributed by atoms with van der Waals surface area (Å²) in [5, 5.41) is 0. The Hall–Kier alpha value is -1.03. The topological polar surface area (TPSA) is 35.5 Å². The van der Waals surface area contributed by atoms with E-state index in [-0.39, 0.29) is 5.97 Å². The van der Waals surface area contributed by atoms with Gasteiger partial charge in [0.15, 0.2) is 4.88 Å². The molecule has 0 amide bonds. The maximum Gasteiger partial charge on any atom is 0.352 e. The lowest BCUT2D eigenvalue weighted by Crippen LogP contribution is -2.03. The molecule has 0 saturated carbocycles. The third kappa shape index (κ3) is 3.23. The second kappa shape index (κ2) is 5.89. The maximum atomic E-state index is 11.6. The smallest absolute Gasteiger partial charge is 0.352 e. The van der Waals surface area contributed by atoms with E-state index in [0.717, 1.165) is 11.3 Å². The highest BCUT2D eigenvalue weighted by Gasteiger charge is 2.18. The van der Waals surface area contributed by atoms with Gasteiger partial charge in [-0.1, -0.05) is 13.8 Å². The summed E-state index contributed by atoms with van der Waals surface area (Å²) in [6.07, 6.45) is 0.959. The summed E-state index contributed by atoms with van der Waals surface area (Å²) in [5.74, 6) is 0.900. The minimum absolute atomic E-state index is 0.292. The van der Waals surface area contributed by atoms with Gasteiger partial charge in [-0.2, -0.15) is 0 Å². The molecule has 0 bridgehead atoms. The Bertz CT molecular complexity index is 355. The van der Waals surface area contributed by atoms with E-state index in [4.69, 9.17) is 9.47 Å². The van der Waals surface area contributed by atoms with Crippen LogP contribution in [0.25, 0.3) is 0 Å². The number of ether oxygens (including phenoxy) is 2. The number of esters is 1. The van der Waals surface area contributed by atoms with E-state index in [1.54, 1.807) is 14.0 Å². The first kappa shape index (κ1) is 13.0. The summed E-state index contributed by atoms with van der Waals surface area (Å²) in [4.78, 5) is 13.4. The predicted octanol–water partition coefficient (Wildman–Crippen LogP) is 3.13. The molecule has 1 aromatic rings. The van der Waals surface area contributed by atoms with Crippen molar-refractivity contribution in [2.24, 2.45) is 5.92 Å². The molecule has 3 nitrogen and oxygen atoms in total. The molecule has 0 aliphatic carbocycles. The predicted molar refractivity (Wildman–Crippen MR) is 65.4 cm³/mol. The lowest BCUT2D eigenvalue weighted by Gasteiger charge is -2.01. The van der Waals surface area contributed by atoms with Crippen molar-refractivity contribution in [2.75, 3.05) is 13.7 Å². The van der Waals surface area contributed by atoms with E-state index in [1.165, 1.54) is 11.3 Å². The average molecular weight is 242 g/mol. The van der Waals surface area contributed by atoms with Crippen molar-refractivity contribution in [3.05, 3.63) is 15.8 Å². The van der Waals surface area contributed by atoms with Gasteiger partial charge >= 0.3 is 5.97 Å². The monoisotopic (exact) mass is 242 g/mol. The molecule has 4 heteroatoms. The molecule has 0 unspecified atom stereocenters. The van der Waals surface area contributed by atoms with Crippen LogP contribution < -0.4 is 4.74 Å². The number of methoxy groups -OCH3 is 1. The summed E-state index contributed by atoms with van der Waals surface area (Å²) in [6, 6.07) is 1.93. The van der Waals surface area contributed by atoms with Crippen LogP contribution in [0.5, 0.6) is 5.75 Å². The fourth-order valence-electron chi connectivity index (χ4n) is 1.42. The van der Waals surface area contributed by atoms with Gasteiger partial charge in [0.1, 0.15) is 5.75 Å². The first-order valence-electron chi connectivity index (χ1n) is 5.42. The molecule has 1 aromatic heterocycles. The zero-order valence-corrected chi connectivity index (χ0v) is 11.0. The number of rotatable bonds is 5. The lowest BCUT2D eigenvalue weighted by atomic mass is 10.1. The molecule has 0 fully saturated rings. The summed E-state index contributed by atoms with van der Waals surface area (Å²) >= 11 is 1.46. The highest BCUT2D eigenvalue weighted by molar-refractivity contribution is 7.14. The third-order valence-corrected chi connectivity index (χ3v) is 3.16. The minimum Gasteiger partial charge on any atom is -0.495 e. The molecule has 0 saturated heterocycles. The van der Waals surface area contributed by atoms with Gasteiger partial charge in [-0.3, -0.25) is 0 Å². The highest BCUT2D eigenvalue weighted by atomic mass is 32.1. The van der Waals surface area contributed by atoms with Gasteiger partial charge < -0.3 is 9.47 Å². The Kier molecular flexibility index (Phi) is 4.80. The molecule has 0 N–H and O–H groups in total. The van der Waals surface area contributed by atoms with Crippen LogP contribution in [0.15, 0.2) is 6.07 Å². The number of carbonyl (C=O) groups excluding carboxylic acids is 1. The van der Waals surface area contributed by atoms with Crippen molar-refractivity contribution >= 4 is 17.3 Å². The van der Waals surface area contributed by atoms with Crippen LogP contribution >= 0.6 is 11.3 Å². The molecule has 16 heavy (non-hydrogen) atoms. The van der Waals surface area contributed by atoms with Crippen LogP contribution in [0.1, 0.15) is 35.3 Å². The lowest BCUT2D eigenvalue weighted by molar-refractivity contribution is 0.0529. The summed E-state index contributed by atoms with van der Waals surface area (Å²) in [7, 11) is 1.57. The van der Waals surface area contributed by atoms with E-state index in [1.807, 2.05) is 6.07 Å². The second-order valence-corrected chi connectivity index (χ2v) is 5.07. The van der Waals surface area contributed by atoms with Crippen molar-refractivity contribution in [2.45, 2.75) is 27.2 Å². The Morgan fingerprint density at radius 3 is 2.69 bits per heavy atom. The van der Waals surface area contributed by atoms with Gasteiger partial charge in [-0.05, 0) is 25.3 Å². The van der Waals surface area contributed by atoms with E-state index < -0.39 is 0 Å². The van der Waals surface area contributed by atoms with E-state index in [0.29, 0.717) is 23.2 Å². The average Bonchev–Trinajstić information content (AvgIpc) is 2.60. The Morgan fingerprint density at radius 1 is 1.50 bits per heavy atom. The molecule has 1 heterocycles. The quantitative estimate of drug-likeness (QED) is 0.744. The van der Waals surface area contributed by atoms with Crippen molar-refractivity contribution in [1.29, 1.82) is 0 Å². The molecule has 90 valence electrons. The van der Waals surface area contributed by atoms with Gasteiger partial charge in [0.25, 0.3) is 0 Å². The van der Waals surface area contributed by atoms with Crippen molar-refractivity contribution in [3.8, 4) is 5.75 Å². The van der Waals surface area contributed by atoms with Crippen molar-refractivity contribution in [1.82, 2.24) is 0 Å². The number of carbonyl (C=O) groups is 1. The Labute approximate surface area is 100 Å². The summed E-state index contributed by atoms with van der Waals surface area (Å²) < 4.78 is 10.2. The summed E-state index contributed by atoms with van der Waals surface area (Å²) in [6.45, 7) is 6.49. The van der Waals surface area contributed by atoms with Crippen LogP contribution in [0, 0.1) is 5.92 Å². The largest absolute Gasteiger partial charge is 0.495 e. The second-order valence-electron chi connectivity index (χ2n) is 3.93. The van der Waals surface area contributed by atoms with Gasteiger partial charge in [-0.15, -0.1) is 11.3 Å². The molecule has 1 rings (SSSR count). The normalized spacial score (nSPS) is 10.6. The van der Waals surface area contributed by atoms with Gasteiger partial charge in [0.2, 0.25) is 0 Å². The number of thiophene rings is 1. The maximum absolute atomic E-state index is 11.6. The SMILES string of the molecule is CCOC(=O)c1sc(CC(C)C)cc1OC. The number of hydrogen-bond acceptors (Lipinski definition) is 4. The first-order valence-corrected chi connectivity index (χ1v) is 6.24. The first-order chi connectivity index (χ1) is 7.58. The molecule has 0 aromatic carbocycles. The van der Waals surface area contributed by atoms with Gasteiger partial charge in [0.05, 0.1) is 13.7 Å². The molecule has 0 atom stereocenters. The molecular weight excluding hydrogens is 224 g/mol. The summed E-state index contributed by atoms with van der Waals surface area (Å²) in [5.41, 5.74) is 0. The van der Waals surface area contributed by atoms with Crippen LogP contribution in [0.2, 0.25) is 0 Å². The van der Waals surface area contributed by atoms with Crippen molar-refractivity contribution < 1.29 is 14.3 Å². The van der Waals surface area contributed by atoms with Crippen LogP contribution in [0.3, 0.4) is 0 Å². The Morgan fingerprint density at radius 2 is 2.19 bits per heavy atom. The fourth-order valence-corrected chi connectivity index (χ4v) is 2.65. The van der Waals surface area contributed by atoms with Crippen LogP contribution in [-0.2, 0) is 11.2 Å². The van der Waals surface area contributed by atoms with Crippen LogP contribution in [-0.4, -0.2) is 19.7 Å². The molecule has 0 radical (unpaired) electrons. The zero-order chi connectivity index (χ0) is 12.1. The molecule has 0 aliphatic heterocycles. The van der Waals surface area contributed by atoms with E-state index in [9.17, 15) is 4.79 Å². The fraction of sp³-hybridized carbons (Fsp3) is 0.583.